The van der Waals surface area contributed by atoms with Gasteiger partial charge in [0.25, 0.3) is 0 Å². The molecule has 0 aliphatic heterocycles. The van der Waals surface area contributed by atoms with Crippen LogP contribution in [0.5, 0.6) is 0 Å². The van der Waals surface area contributed by atoms with Gasteiger partial charge in [-0.2, -0.15) is 5.26 Å². The van der Waals surface area contributed by atoms with E-state index in [1.807, 2.05) is 6.07 Å². The Morgan fingerprint density at radius 1 is 1.45 bits per heavy atom. The second-order valence-electron chi connectivity index (χ2n) is 3.91. The van der Waals surface area contributed by atoms with E-state index in [0.29, 0.717) is 27.7 Å². The van der Waals surface area contributed by atoms with Crippen molar-refractivity contribution in [3.63, 3.8) is 0 Å². The van der Waals surface area contributed by atoms with Crippen molar-refractivity contribution in [2.45, 2.75) is 6.54 Å². The topological polar surface area (TPSA) is 62.1 Å². The molecule has 1 aromatic heterocycles. The van der Waals surface area contributed by atoms with Crippen LogP contribution in [0, 0.1) is 11.3 Å². The van der Waals surface area contributed by atoms with Gasteiger partial charge >= 0.3 is 5.97 Å². The van der Waals surface area contributed by atoms with Crippen LogP contribution in [-0.4, -0.2) is 13.1 Å². The van der Waals surface area contributed by atoms with Crippen LogP contribution in [0.3, 0.4) is 0 Å². The molecule has 0 unspecified atom stereocenters. The van der Waals surface area contributed by atoms with Crippen molar-refractivity contribution in [3.05, 3.63) is 50.7 Å². The lowest BCUT2D eigenvalue weighted by molar-refractivity contribution is 0.0602. The third-order valence-electron chi connectivity index (χ3n) is 2.61. The van der Waals surface area contributed by atoms with Crippen molar-refractivity contribution in [3.8, 4) is 6.07 Å². The van der Waals surface area contributed by atoms with E-state index in [0.717, 1.165) is 4.88 Å². The summed E-state index contributed by atoms with van der Waals surface area (Å²) in [6.07, 6.45) is 0. The Bertz CT molecular complexity index is 676. The molecule has 1 N–H and O–H groups in total. The molecule has 1 heterocycles. The molecule has 2 rings (SSSR count). The minimum Gasteiger partial charge on any atom is -0.465 e. The van der Waals surface area contributed by atoms with Crippen LogP contribution in [0.4, 0.5) is 5.69 Å². The van der Waals surface area contributed by atoms with Crippen molar-refractivity contribution in [2.24, 2.45) is 0 Å². The van der Waals surface area contributed by atoms with E-state index in [4.69, 9.17) is 21.6 Å². The molecular weight excluding hydrogens is 296 g/mol. The van der Waals surface area contributed by atoms with Crippen molar-refractivity contribution >= 4 is 34.6 Å². The number of nitriles is 1. The summed E-state index contributed by atoms with van der Waals surface area (Å²) in [7, 11) is 1.32. The Balaban J connectivity index is 2.17. The lowest BCUT2D eigenvalue weighted by Crippen LogP contribution is -2.07. The third-order valence-corrected chi connectivity index (χ3v) is 3.84. The largest absolute Gasteiger partial charge is 0.465 e. The van der Waals surface area contributed by atoms with Gasteiger partial charge in [-0.25, -0.2) is 4.79 Å². The molecule has 0 bridgehead atoms. The second kappa shape index (κ2) is 6.42. The molecule has 0 fully saturated rings. The van der Waals surface area contributed by atoms with Crippen LogP contribution < -0.4 is 5.32 Å². The molecule has 0 amide bonds. The van der Waals surface area contributed by atoms with Crippen molar-refractivity contribution in [1.29, 1.82) is 5.26 Å². The van der Waals surface area contributed by atoms with Crippen LogP contribution in [0.2, 0.25) is 5.02 Å². The maximum Gasteiger partial charge on any atom is 0.340 e. The number of thiophene rings is 1. The maximum atomic E-state index is 11.7. The molecule has 20 heavy (non-hydrogen) atoms. The van der Waals surface area contributed by atoms with Crippen LogP contribution in [-0.2, 0) is 11.3 Å². The van der Waals surface area contributed by atoms with Gasteiger partial charge in [0, 0.05) is 22.1 Å². The lowest BCUT2D eigenvalue weighted by atomic mass is 10.2. The first kappa shape index (κ1) is 14.4. The van der Waals surface area contributed by atoms with E-state index in [2.05, 4.69) is 11.4 Å². The molecule has 4 nitrogen and oxygen atoms in total. The predicted octanol–water partition coefficient (Wildman–Crippen LogP) is 3.67. The first-order chi connectivity index (χ1) is 9.63. The van der Waals surface area contributed by atoms with E-state index in [-0.39, 0.29) is 0 Å². The molecule has 0 spiro atoms. The predicted molar refractivity (Wildman–Crippen MR) is 79.2 cm³/mol. The number of nitrogens with zero attached hydrogens (tertiary/aromatic N) is 1. The molecule has 2 aromatic rings. The van der Waals surface area contributed by atoms with Crippen LogP contribution >= 0.6 is 22.9 Å². The summed E-state index contributed by atoms with van der Waals surface area (Å²) < 4.78 is 4.73. The third kappa shape index (κ3) is 3.29. The molecule has 6 heteroatoms. The molecule has 0 saturated heterocycles. The standard InChI is InChI=1S/C14H11ClN2O2S/c1-19-14(18)12-6-9(15)2-5-13(12)17-8-11-4-3-10(7-16)20-11/h2-6,17H,8H2,1H3. The first-order valence-electron chi connectivity index (χ1n) is 5.74. The SMILES string of the molecule is COC(=O)c1cc(Cl)ccc1NCc1ccc(C#N)s1. The van der Waals surface area contributed by atoms with Crippen LogP contribution in [0.25, 0.3) is 0 Å². The van der Waals surface area contributed by atoms with Crippen molar-refractivity contribution in [2.75, 3.05) is 12.4 Å². The Labute approximate surface area is 125 Å². The van der Waals surface area contributed by atoms with Crippen LogP contribution in [0.1, 0.15) is 20.1 Å². The first-order valence-corrected chi connectivity index (χ1v) is 6.94. The lowest BCUT2D eigenvalue weighted by Gasteiger charge is -2.10. The van der Waals surface area contributed by atoms with E-state index in [9.17, 15) is 4.79 Å². The molecule has 1 aromatic carbocycles. The number of rotatable bonds is 4. The normalized spacial score (nSPS) is 9.85. The number of methoxy groups -OCH3 is 1. The van der Waals surface area contributed by atoms with Gasteiger partial charge in [-0.15, -0.1) is 11.3 Å². The zero-order chi connectivity index (χ0) is 14.5. The number of ether oxygens (including phenoxy) is 1. The van der Waals surface area contributed by atoms with E-state index in [1.54, 1.807) is 24.3 Å². The molecular formula is C14H11ClN2O2S. The highest BCUT2D eigenvalue weighted by Crippen LogP contribution is 2.23. The summed E-state index contributed by atoms with van der Waals surface area (Å²) in [5, 5.41) is 12.4. The van der Waals surface area contributed by atoms with Gasteiger partial charge in [-0.3, -0.25) is 0 Å². The van der Waals surface area contributed by atoms with Crippen molar-refractivity contribution in [1.82, 2.24) is 0 Å². The molecule has 0 saturated carbocycles. The molecule has 102 valence electrons. The van der Waals surface area contributed by atoms with Gasteiger partial charge in [0.05, 0.1) is 12.7 Å². The van der Waals surface area contributed by atoms with E-state index < -0.39 is 5.97 Å². The second-order valence-corrected chi connectivity index (χ2v) is 5.52. The monoisotopic (exact) mass is 306 g/mol. The number of esters is 1. The number of carbonyl (C=O) groups excluding carboxylic acids is 1. The quantitative estimate of drug-likeness (QED) is 0.875. The zero-order valence-corrected chi connectivity index (χ0v) is 12.2. The average Bonchev–Trinajstić information content (AvgIpc) is 2.93. The number of nitrogens with one attached hydrogen (secondary N) is 1. The van der Waals surface area contributed by atoms with Gasteiger partial charge in [0.1, 0.15) is 10.9 Å². The summed E-state index contributed by atoms with van der Waals surface area (Å²) in [6.45, 7) is 0.526. The van der Waals surface area contributed by atoms with Gasteiger partial charge < -0.3 is 10.1 Å². The number of hydrogen-bond donors (Lipinski definition) is 1. The summed E-state index contributed by atoms with van der Waals surface area (Å²) in [6, 6.07) is 10.7. The van der Waals surface area contributed by atoms with Gasteiger partial charge in [-0.1, -0.05) is 11.6 Å². The Hall–Kier alpha value is -2.03. The maximum absolute atomic E-state index is 11.7. The highest BCUT2D eigenvalue weighted by molar-refractivity contribution is 7.12. The van der Waals surface area contributed by atoms with Gasteiger partial charge in [0.2, 0.25) is 0 Å². The minimum absolute atomic E-state index is 0.386. The van der Waals surface area contributed by atoms with Gasteiger partial charge in [0.15, 0.2) is 0 Å². The van der Waals surface area contributed by atoms with Gasteiger partial charge in [-0.05, 0) is 30.3 Å². The molecule has 0 radical (unpaired) electrons. The number of hydrogen-bond acceptors (Lipinski definition) is 5. The van der Waals surface area contributed by atoms with Crippen molar-refractivity contribution < 1.29 is 9.53 Å². The highest BCUT2D eigenvalue weighted by Gasteiger charge is 2.12. The summed E-state index contributed by atoms with van der Waals surface area (Å²) in [5.41, 5.74) is 1.03. The highest BCUT2D eigenvalue weighted by atomic mass is 35.5. The fraction of sp³-hybridized carbons (Fsp3) is 0.143. The number of halogens is 1. The van der Waals surface area contributed by atoms with E-state index in [1.165, 1.54) is 18.4 Å². The molecule has 0 aliphatic rings. The fourth-order valence-electron chi connectivity index (χ4n) is 1.66. The smallest absolute Gasteiger partial charge is 0.340 e. The number of carbonyl (C=O) groups is 1. The Kier molecular flexibility index (Phi) is 4.61. The fourth-order valence-corrected chi connectivity index (χ4v) is 2.58. The zero-order valence-electron chi connectivity index (χ0n) is 10.6. The number of benzene rings is 1. The molecule has 0 aliphatic carbocycles. The summed E-state index contributed by atoms with van der Waals surface area (Å²) in [4.78, 5) is 13.4. The minimum atomic E-state index is -0.445. The van der Waals surface area contributed by atoms with E-state index >= 15 is 0 Å². The van der Waals surface area contributed by atoms with Crippen LogP contribution in [0.15, 0.2) is 30.3 Å². The number of anilines is 1. The Morgan fingerprint density at radius 2 is 2.25 bits per heavy atom. The average molecular weight is 307 g/mol. The molecule has 0 atom stereocenters. The summed E-state index contributed by atoms with van der Waals surface area (Å²) >= 11 is 7.30. The Morgan fingerprint density at radius 3 is 2.90 bits per heavy atom. The summed E-state index contributed by atoms with van der Waals surface area (Å²) in [5.74, 6) is -0.445.